The fourth-order valence-corrected chi connectivity index (χ4v) is 4.68. The highest BCUT2D eigenvalue weighted by Crippen LogP contribution is 2.44. The summed E-state index contributed by atoms with van der Waals surface area (Å²) in [6.45, 7) is 3.08. The van der Waals surface area contributed by atoms with Crippen LogP contribution in [0, 0.1) is 5.82 Å². The average molecular weight is 415 g/mol. The van der Waals surface area contributed by atoms with Crippen molar-refractivity contribution in [3.8, 4) is 17.2 Å². The summed E-state index contributed by atoms with van der Waals surface area (Å²) < 4.78 is 30.9. The third-order valence-corrected chi connectivity index (χ3v) is 6.37. The highest BCUT2D eigenvalue weighted by atomic mass is 19.1. The van der Waals surface area contributed by atoms with Crippen molar-refractivity contribution in [2.75, 3.05) is 32.8 Å². The molecular formula is C23H26FNO5. The first-order valence-electron chi connectivity index (χ1n) is 10.5. The Kier molecular flexibility index (Phi) is 5.05. The molecule has 2 atom stereocenters. The molecule has 1 spiro atoms. The Morgan fingerprint density at radius 1 is 1.03 bits per heavy atom. The van der Waals surface area contributed by atoms with Crippen molar-refractivity contribution in [2.24, 2.45) is 0 Å². The van der Waals surface area contributed by atoms with E-state index in [0.717, 1.165) is 31.5 Å². The highest BCUT2D eigenvalue weighted by molar-refractivity contribution is 5.44. The van der Waals surface area contributed by atoms with E-state index in [-0.39, 0.29) is 5.82 Å². The standard InChI is InChI=1S/C23H26FNO5/c24-16-2-4-20-17(12-16)18(26)13-23(30-20)5-7-25(8-6-23)14-19(27)15-1-3-21-22(11-15)29-10-9-28-21/h1-4,11-12,18-19,26-27H,5-10,13-14H2/t18-,19-/m0/s1. The maximum absolute atomic E-state index is 13.5. The van der Waals surface area contributed by atoms with Crippen LogP contribution >= 0.6 is 0 Å². The zero-order chi connectivity index (χ0) is 20.7. The molecule has 3 aliphatic rings. The quantitative estimate of drug-likeness (QED) is 0.803. The Morgan fingerprint density at radius 3 is 2.57 bits per heavy atom. The molecule has 6 nitrogen and oxygen atoms in total. The van der Waals surface area contributed by atoms with Crippen LogP contribution in [0.5, 0.6) is 17.2 Å². The Labute approximate surface area is 174 Å². The lowest BCUT2D eigenvalue weighted by Gasteiger charge is -2.46. The van der Waals surface area contributed by atoms with Crippen LogP contribution in [-0.4, -0.2) is 53.6 Å². The summed E-state index contributed by atoms with van der Waals surface area (Å²) in [4.78, 5) is 2.21. The molecule has 3 aliphatic heterocycles. The van der Waals surface area contributed by atoms with E-state index in [0.29, 0.717) is 49.0 Å². The van der Waals surface area contributed by atoms with Crippen LogP contribution in [0.25, 0.3) is 0 Å². The Hall–Kier alpha value is -2.35. The molecule has 1 fully saturated rings. The van der Waals surface area contributed by atoms with Gasteiger partial charge in [0.15, 0.2) is 11.5 Å². The molecule has 2 N–H and O–H groups in total. The summed E-state index contributed by atoms with van der Waals surface area (Å²) in [5.74, 6) is 1.59. The predicted octanol–water partition coefficient (Wildman–Crippen LogP) is 2.98. The zero-order valence-electron chi connectivity index (χ0n) is 16.7. The van der Waals surface area contributed by atoms with Gasteiger partial charge in [-0.15, -0.1) is 0 Å². The molecule has 0 aromatic heterocycles. The van der Waals surface area contributed by atoms with Gasteiger partial charge in [0.1, 0.15) is 30.4 Å². The fraction of sp³-hybridized carbons (Fsp3) is 0.478. The Balaban J connectivity index is 1.22. The minimum absolute atomic E-state index is 0.365. The number of halogens is 1. The van der Waals surface area contributed by atoms with Crippen LogP contribution in [0.1, 0.15) is 42.6 Å². The van der Waals surface area contributed by atoms with Crippen LogP contribution in [0.3, 0.4) is 0 Å². The molecule has 0 unspecified atom stereocenters. The van der Waals surface area contributed by atoms with Gasteiger partial charge in [-0.25, -0.2) is 4.39 Å². The number of nitrogens with zero attached hydrogens (tertiary/aromatic N) is 1. The minimum Gasteiger partial charge on any atom is -0.487 e. The van der Waals surface area contributed by atoms with Crippen molar-refractivity contribution in [3.05, 3.63) is 53.3 Å². The number of ether oxygens (including phenoxy) is 3. The van der Waals surface area contributed by atoms with E-state index in [1.54, 1.807) is 6.07 Å². The van der Waals surface area contributed by atoms with Crippen molar-refractivity contribution in [1.29, 1.82) is 0 Å². The normalized spacial score (nSPS) is 23.5. The topological polar surface area (TPSA) is 71.4 Å². The Bertz CT molecular complexity index is 928. The third-order valence-electron chi connectivity index (χ3n) is 6.37. The van der Waals surface area contributed by atoms with Crippen molar-refractivity contribution >= 4 is 0 Å². The van der Waals surface area contributed by atoms with Crippen LogP contribution in [0.4, 0.5) is 4.39 Å². The van der Waals surface area contributed by atoms with Crippen LogP contribution in [0.15, 0.2) is 36.4 Å². The number of fused-ring (bicyclic) bond motifs is 2. The van der Waals surface area contributed by atoms with Crippen LogP contribution < -0.4 is 14.2 Å². The van der Waals surface area contributed by atoms with E-state index < -0.39 is 17.8 Å². The zero-order valence-corrected chi connectivity index (χ0v) is 16.7. The molecule has 5 rings (SSSR count). The fourth-order valence-electron chi connectivity index (χ4n) is 4.68. The number of hydrogen-bond acceptors (Lipinski definition) is 6. The molecule has 0 bridgehead atoms. The molecule has 2 aromatic carbocycles. The summed E-state index contributed by atoms with van der Waals surface area (Å²) in [6.07, 6.45) is 0.599. The lowest BCUT2D eigenvalue weighted by molar-refractivity contribution is -0.0589. The van der Waals surface area contributed by atoms with Gasteiger partial charge in [-0.3, -0.25) is 0 Å². The highest BCUT2D eigenvalue weighted by Gasteiger charge is 2.43. The first kappa shape index (κ1) is 19.6. The number of likely N-dealkylation sites (tertiary alicyclic amines) is 1. The number of piperidine rings is 1. The van der Waals surface area contributed by atoms with E-state index >= 15 is 0 Å². The third kappa shape index (κ3) is 3.73. The van der Waals surface area contributed by atoms with E-state index in [1.807, 2.05) is 18.2 Å². The van der Waals surface area contributed by atoms with Crippen molar-refractivity contribution in [3.63, 3.8) is 0 Å². The van der Waals surface area contributed by atoms with Crippen molar-refractivity contribution < 1.29 is 28.8 Å². The van der Waals surface area contributed by atoms with Gasteiger partial charge in [-0.05, 0) is 48.7 Å². The first-order valence-corrected chi connectivity index (χ1v) is 10.5. The van der Waals surface area contributed by atoms with Crippen LogP contribution in [0.2, 0.25) is 0 Å². The number of rotatable bonds is 3. The molecule has 2 aromatic rings. The van der Waals surface area contributed by atoms with E-state index in [4.69, 9.17) is 14.2 Å². The van der Waals surface area contributed by atoms with Crippen molar-refractivity contribution in [2.45, 2.75) is 37.1 Å². The van der Waals surface area contributed by atoms with Gasteiger partial charge in [0, 0.05) is 31.6 Å². The number of aliphatic hydroxyl groups is 2. The minimum atomic E-state index is -0.723. The molecule has 160 valence electrons. The molecule has 0 radical (unpaired) electrons. The maximum Gasteiger partial charge on any atom is 0.161 e. The second kappa shape index (κ2) is 7.72. The maximum atomic E-state index is 13.5. The smallest absolute Gasteiger partial charge is 0.161 e. The van der Waals surface area contributed by atoms with Gasteiger partial charge in [-0.2, -0.15) is 0 Å². The van der Waals surface area contributed by atoms with Gasteiger partial charge in [0.05, 0.1) is 12.2 Å². The lowest BCUT2D eigenvalue weighted by atomic mass is 9.81. The van der Waals surface area contributed by atoms with E-state index in [1.165, 1.54) is 12.1 Å². The lowest BCUT2D eigenvalue weighted by Crippen LogP contribution is -2.51. The molecule has 30 heavy (non-hydrogen) atoms. The van der Waals surface area contributed by atoms with Gasteiger partial charge in [0.25, 0.3) is 0 Å². The van der Waals surface area contributed by atoms with Crippen molar-refractivity contribution in [1.82, 2.24) is 4.90 Å². The first-order chi connectivity index (χ1) is 14.5. The number of aliphatic hydroxyl groups excluding tert-OH is 2. The summed E-state index contributed by atoms with van der Waals surface area (Å²) in [6, 6.07) is 9.89. The Morgan fingerprint density at radius 2 is 1.77 bits per heavy atom. The largest absolute Gasteiger partial charge is 0.487 e. The van der Waals surface area contributed by atoms with E-state index in [2.05, 4.69) is 4.90 Å². The molecule has 0 aliphatic carbocycles. The summed E-state index contributed by atoms with van der Waals surface area (Å²) >= 11 is 0. The average Bonchev–Trinajstić information content (AvgIpc) is 2.76. The second-order valence-electron chi connectivity index (χ2n) is 8.41. The van der Waals surface area contributed by atoms with Crippen LogP contribution in [-0.2, 0) is 0 Å². The molecule has 0 saturated carbocycles. The molecular weight excluding hydrogens is 389 g/mol. The number of β-amino-alcohol motifs (C(OH)–C–C–N with tert-alkyl or cyclic N) is 1. The summed E-state index contributed by atoms with van der Waals surface area (Å²) in [5.41, 5.74) is 0.889. The van der Waals surface area contributed by atoms with Gasteiger partial charge >= 0.3 is 0 Å². The monoisotopic (exact) mass is 415 g/mol. The predicted molar refractivity (Wildman–Crippen MR) is 107 cm³/mol. The molecule has 7 heteroatoms. The summed E-state index contributed by atoms with van der Waals surface area (Å²) in [5, 5.41) is 21.3. The molecule has 0 amide bonds. The summed E-state index contributed by atoms with van der Waals surface area (Å²) in [7, 11) is 0. The number of benzene rings is 2. The SMILES string of the molecule is O[C@@H](CN1CCC2(CC1)C[C@H](O)c1cc(F)ccc1O2)c1ccc2c(c1)OCCO2. The van der Waals surface area contributed by atoms with E-state index in [9.17, 15) is 14.6 Å². The van der Waals surface area contributed by atoms with Gasteiger partial charge in [0.2, 0.25) is 0 Å². The number of hydrogen-bond donors (Lipinski definition) is 2. The second-order valence-corrected chi connectivity index (χ2v) is 8.41. The molecule has 1 saturated heterocycles. The van der Waals surface area contributed by atoms with Gasteiger partial charge < -0.3 is 29.3 Å². The van der Waals surface area contributed by atoms with Gasteiger partial charge in [-0.1, -0.05) is 6.07 Å². The molecule has 3 heterocycles.